The third-order valence-corrected chi connectivity index (χ3v) is 5.82. The van der Waals surface area contributed by atoms with Gasteiger partial charge in [-0.05, 0) is 44.0 Å². The Labute approximate surface area is 185 Å². The van der Waals surface area contributed by atoms with Crippen molar-refractivity contribution in [3.8, 4) is 22.7 Å². The van der Waals surface area contributed by atoms with Crippen molar-refractivity contribution in [2.45, 2.75) is 25.8 Å². The van der Waals surface area contributed by atoms with Gasteiger partial charge < -0.3 is 14.6 Å². The highest BCUT2D eigenvalue weighted by Gasteiger charge is 2.34. The molecule has 2 aromatic heterocycles. The number of aryl methyl sites for hydroxylation is 1. The van der Waals surface area contributed by atoms with Gasteiger partial charge in [-0.2, -0.15) is 15.0 Å². The minimum Gasteiger partial charge on any atom is -0.497 e. The molecule has 0 bridgehead atoms. The number of carbonyl (C=O) groups excluding carboxylic acids is 1. The highest BCUT2D eigenvalue weighted by atomic mass is 16.5. The van der Waals surface area contributed by atoms with Crippen molar-refractivity contribution in [1.29, 1.82) is 0 Å². The number of aromatic nitrogens is 5. The standard InChI is InChI=1S/C24H24N6O2/c1-16-8-9-21(30-26-10-11-27-30)19(13-16)24(31)29-12-4-7-22(29)23-25-15-20(28-23)17-5-3-6-18(14-17)32-2/h3,5-6,8-11,13-15,22H,4,7,12H2,1-2H3,(H,25,28). The highest BCUT2D eigenvalue weighted by molar-refractivity contribution is 5.98. The van der Waals surface area contributed by atoms with E-state index >= 15 is 0 Å². The van der Waals surface area contributed by atoms with Gasteiger partial charge in [0.05, 0.1) is 48.7 Å². The molecule has 1 aliphatic rings. The van der Waals surface area contributed by atoms with Crippen molar-refractivity contribution < 1.29 is 9.53 Å². The number of likely N-dealkylation sites (tertiary alicyclic amines) is 1. The number of nitrogens with one attached hydrogen (secondary N) is 1. The van der Waals surface area contributed by atoms with Crippen molar-refractivity contribution in [2.24, 2.45) is 0 Å². The summed E-state index contributed by atoms with van der Waals surface area (Å²) in [6.07, 6.45) is 6.81. The lowest BCUT2D eigenvalue weighted by Gasteiger charge is -2.24. The molecular formula is C24H24N6O2. The van der Waals surface area contributed by atoms with Gasteiger partial charge in [-0.3, -0.25) is 4.79 Å². The molecule has 2 aromatic carbocycles. The Morgan fingerprint density at radius 3 is 2.81 bits per heavy atom. The average molecular weight is 428 g/mol. The Balaban J connectivity index is 1.46. The summed E-state index contributed by atoms with van der Waals surface area (Å²) in [5.41, 5.74) is 4.17. The van der Waals surface area contributed by atoms with Crippen LogP contribution in [0.5, 0.6) is 5.75 Å². The van der Waals surface area contributed by atoms with Gasteiger partial charge in [-0.15, -0.1) is 0 Å². The lowest BCUT2D eigenvalue weighted by molar-refractivity contribution is 0.0730. The summed E-state index contributed by atoms with van der Waals surface area (Å²) in [6, 6.07) is 13.5. The number of H-pyrrole nitrogens is 1. The maximum absolute atomic E-state index is 13.7. The molecule has 1 unspecified atom stereocenters. The zero-order valence-corrected chi connectivity index (χ0v) is 18.0. The summed E-state index contributed by atoms with van der Waals surface area (Å²) in [7, 11) is 1.65. The second kappa shape index (κ2) is 8.30. The van der Waals surface area contributed by atoms with Crippen LogP contribution in [0.15, 0.2) is 61.1 Å². The molecule has 8 heteroatoms. The average Bonchev–Trinajstić information content (AvgIpc) is 3.59. The molecule has 1 N–H and O–H groups in total. The SMILES string of the molecule is COc1cccc(-c2cnc(C3CCCN3C(=O)c3cc(C)ccc3-n3nccn3)[nH]2)c1. The minimum absolute atomic E-state index is 0.0390. The van der Waals surface area contributed by atoms with E-state index in [1.54, 1.807) is 19.5 Å². The Morgan fingerprint density at radius 2 is 2.00 bits per heavy atom. The smallest absolute Gasteiger partial charge is 0.256 e. The molecule has 0 spiro atoms. The van der Waals surface area contributed by atoms with Crippen LogP contribution in [0, 0.1) is 6.92 Å². The molecule has 0 aliphatic carbocycles. The number of rotatable bonds is 5. The van der Waals surface area contributed by atoms with E-state index in [0.29, 0.717) is 17.8 Å². The summed E-state index contributed by atoms with van der Waals surface area (Å²) in [5, 5.41) is 8.44. The van der Waals surface area contributed by atoms with Crippen LogP contribution in [0.3, 0.4) is 0 Å². The number of ether oxygens (including phenoxy) is 1. The monoisotopic (exact) mass is 428 g/mol. The fraction of sp³-hybridized carbons (Fsp3) is 0.250. The number of amides is 1. The zero-order chi connectivity index (χ0) is 22.1. The van der Waals surface area contributed by atoms with Crippen LogP contribution in [0.25, 0.3) is 16.9 Å². The molecule has 0 saturated carbocycles. The van der Waals surface area contributed by atoms with Crippen molar-refractivity contribution in [3.05, 3.63) is 78.0 Å². The maximum Gasteiger partial charge on any atom is 0.256 e. The quantitative estimate of drug-likeness (QED) is 0.520. The third-order valence-electron chi connectivity index (χ3n) is 5.82. The Hall–Kier alpha value is -3.94. The highest BCUT2D eigenvalue weighted by Crippen LogP contribution is 2.34. The fourth-order valence-corrected chi connectivity index (χ4v) is 4.23. The summed E-state index contributed by atoms with van der Waals surface area (Å²) in [5.74, 6) is 1.54. The predicted octanol–water partition coefficient (Wildman–Crippen LogP) is 3.95. The van der Waals surface area contributed by atoms with Gasteiger partial charge in [-0.1, -0.05) is 23.8 Å². The number of methoxy groups -OCH3 is 1. The largest absolute Gasteiger partial charge is 0.497 e. The topological polar surface area (TPSA) is 88.9 Å². The molecule has 162 valence electrons. The van der Waals surface area contributed by atoms with E-state index in [1.165, 1.54) is 4.80 Å². The van der Waals surface area contributed by atoms with Gasteiger partial charge in [0, 0.05) is 12.1 Å². The van der Waals surface area contributed by atoms with Gasteiger partial charge in [-0.25, -0.2) is 4.98 Å². The van der Waals surface area contributed by atoms with E-state index in [4.69, 9.17) is 4.74 Å². The first kappa shape index (κ1) is 20.0. The Kier molecular flexibility index (Phi) is 5.18. The summed E-state index contributed by atoms with van der Waals surface area (Å²) < 4.78 is 5.33. The van der Waals surface area contributed by atoms with Gasteiger partial charge in [0.15, 0.2) is 0 Å². The molecular weight excluding hydrogens is 404 g/mol. The van der Waals surface area contributed by atoms with Gasteiger partial charge in [0.25, 0.3) is 5.91 Å². The lowest BCUT2D eigenvalue weighted by atomic mass is 10.1. The van der Waals surface area contributed by atoms with E-state index in [9.17, 15) is 4.79 Å². The molecule has 0 radical (unpaired) electrons. The normalized spacial score (nSPS) is 15.8. The van der Waals surface area contributed by atoms with E-state index in [0.717, 1.165) is 41.2 Å². The Morgan fingerprint density at radius 1 is 1.16 bits per heavy atom. The summed E-state index contributed by atoms with van der Waals surface area (Å²) >= 11 is 0. The Bertz CT molecular complexity index is 1250. The van der Waals surface area contributed by atoms with E-state index in [1.807, 2.05) is 60.5 Å². The van der Waals surface area contributed by atoms with Crippen molar-refractivity contribution in [1.82, 2.24) is 29.9 Å². The number of benzene rings is 2. The molecule has 1 saturated heterocycles. The van der Waals surface area contributed by atoms with E-state index in [2.05, 4.69) is 20.2 Å². The van der Waals surface area contributed by atoms with E-state index < -0.39 is 0 Å². The lowest BCUT2D eigenvalue weighted by Crippen LogP contribution is -2.32. The molecule has 1 aliphatic heterocycles. The first-order valence-corrected chi connectivity index (χ1v) is 10.6. The minimum atomic E-state index is -0.110. The van der Waals surface area contributed by atoms with Crippen molar-refractivity contribution in [3.63, 3.8) is 0 Å². The molecule has 1 atom stereocenters. The third kappa shape index (κ3) is 3.64. The number of hydrogen-bond acceptors (Lipinski definition) is 5. The van der Waals surface area contributed by atoms with Gasteiger partial charge in [0.2, 0.25) is 0 Å². The second-order valence-electron chi connectivity index (χ2n) is 7.91. The van der Waals surface area contributed by atoms with Crippen molar-refractivity contribution >= 4 is 5.91 Å². The molecule has 1 amide bonds. The maximum atomic E-state index is 13.7. The molecule has 1 fully saturated rings. The van der Waals surface area contributed by atoms with Gasteiger partial charge in [0.1, 0.15) is 11.6 Å². The summed E-state index contributed by atoms with van der Waals surface area (Å²) in [4.78, 5) is 25.1. The van der Waals surface area contributed by atoms with Gasteiger partial charge >= 0.3 is 0 Å². The molecule has 4 aromatic rings. The van der Waals surface area contributed by atoms with Crippen LogP contribution in [-0.4, -0.2) is 49.4 Å². The predicted molar refractivity (Wildman–Crippen MR) is 120 cm³/mol. The fourth-order valence-electron chi connectivity index (χ4n) is 4.23. The second-order valence-corrected chi connectivity index (χ2v) is 7.91. The number of imidazole rings is 1. The van der Waals surface area contributed by atoms with E-state index in [-0.39, 0.29) is 11.9 Å². The van der Waals surface area contributed by atoms with Crippen LogP contribution in [-0.2, 0) is 0 Å². The van der Waals surface area contributed by atoms with Crippen LogP contribution in [0.4, 0.5) is 0 Å². The summed E-state index contributed by atoms with van der Waals surface area (Å²) in [6.45, 7) is 2.66. The van der Waals surface area contributed by atoms with Crippen LogP contribution in [0.2, 0.25) is 0 Å². The first-order valence-electron chi connectivity index (χ1n) is 10.6. The number of carbonyl (C=O) groups is 1. The molecule has 32 heavy (non-hydrogen) atoms. The van der Waals surface area contributed by atoms with Crippen LogP contribution >= 0.6 is 0 Å². The number of nitrogens with zero attached hydrogens (tertiary/aromatic N) is 5. The number of hydrogen-bond donors (Lipinski definition) is 1. The molecule has 3 heterocycles. The molecule has 8 nitrogen and oxygen atoms in total. The van der Waals surface area contributed by atoms with Crippen LogP contribution < -0.4 is 4.74 Å². The zero-order valence-electron chi connectivity index (χ0n) is 18.0. The van der Waals surface area contributed by atoms with Crippen molar-refractivity contribution in [2.75, 3.05) is 13.7 Å². The number of aromatic amines is 1. The first-order chi connectivity index (χ1) is 15.6. The van der Waals surface area contributed by atoms with Crippen LogP contribution in [0.1, 0.15) is 40.6 Å². The molecule has 5 rings (SSSR count).